The summed E-state index contributed by atoms with van der Waals surface area (Å²) < 4.78 is 10.8. The summed E-state index contributed by atoms with van der Waals surface area (Å²) >= 11 is 0. The molecule has 0 spiro atoms. The van der Waals surface area contributed by atoms with E-state index in [4.69, 9.17) is 15.2 Å². The van der Waals surface area contributed by atoms with Gasteiger partial charge in [0.1, 0.15) is 11.6 Å². The number of hydrogen-bond acceptors (Lipinski definition) is 7. The third-order valence-electron chi connectivity index (χ3n) is 4.44. The van der Waals surface area contributed by atoms with Crippen molar-refractivity contribution in [1.29, 1.82) is 0 Å². The number of nitrogens with two attached hydrogens (primary N) is 1. The van der Waals surface area contributed by atoms with Gasteiger partial charge in [0.05, 0.1) is 26.4 Å². The van der Waals surface area contributed by atoms with Crippen molar-refractivity contribution >= 4 is 17.3 Å². The van der Waals surface area contributed by atoms with Gasteiger partial charge in [0.15, 0.2) is 0 Å². The minimum atomic E-state index is 0.571. The van der Waals surface area contributed by atoms with Crippen molar-refractivity contribution in [3.63, 3.8) is 0 Å². The van der Waals surface area contributed by atoms with E-state index in [1.807, 2.05) is 33.8 Å². The van der Waals surface area contributed by atoms with Crippen LogP contribution in [0.25, 0.3) is 0 Å². The van der Waals surface area contributed by atoms with Crippen LogP contribution in [0.15, 0.2) is 12.1 Å². The Morgan fingerprint density at radius 3 is 2.11 bits per heavy atom. The first-order valence-corrected chi connectivity index (χ1v) is 10.3. The number of nitrogen functional groups attached to an aromatic ring is 1. The monoisotopic (exact) mass is 381 g/mol. The maximum absolute atomic E-state index is 6.02. The lowest BCUT2D eigenvalue weighted by molar-refractivity contribution is 0.0393. The van der Waals surface area contributed by atoms with Gasteiger partial charge in [-0.1, -0.05) is 27.7 Å². The summed E-state index contributed by atoms with van der Waals surface area (Å²) in [4.78, 5) is 11.4. The van der Waals surface area contributed by atoms with E-state index in [0.717, 1.165) is 77.2 Å². The van der Waals surface area contributed by atoms with Crippen LogP contribution >= 0.6 is 0 Å². The molecule has 2 aliphatic heterocycles. The molecule has 156 valence electrons. The largest absolute Gasteiger partial charge is 0.384 e. The number of pyridine rings is 1. The maximum Gasteiger partial charge on any atom is 0.132 e. The molecule has 0 aromatic carbocycles. The quantitative estimate of drug-likeness (QED) is 0.839. The van der Waals surface area contributed by atoms with Gasteiger partial charge in [-0.15, -0.1) is 0 Å². The lowest BCUT2D eigenvalue weighted by Crippen LogP contribution is -2.41. The van der Waals surface area contributed by atoms with Crippen LogP contribution in [-0.2, 0) is 9.47 Å². The van der Waals surface area contributed by atoms with Crippen LogP contribution in [0.3, 0.4) is 0 Å². The molecule has 3 rings (SSSR count). The Kier molecular flexibility index (Phi) is 11.8. The van der Waals surface area contributed by atoms with Gasteiger partial charge in [-0.25, -0.2) is 4.98 Å². The minimum Gasteiger partial charge on any atom is -0.384 e. The average molecular weight is 382 g/mol. The molecule has 0 unspecified atom stereocenters. The van der Waals surface area contributed by atoms with E-state index < -0.39 is 0 Å². The molecule has 0 radical (unpaired) electrons. The van der Waals surface area contributed by atoms with Crippen LogP contribution in [-0.4, -0.2) is 82.6 Å². The number of anilines is 3. The van der Waals surface area contributed by atoms with E-state index in [2.05, 4.69) is 32.8 Å². The second-order valence-corrected chi connectivity index (χ2v) is 6.08. The molecule has 0 aliphatic carbocycles. The topological polar surface area (TPSA) is 67.1 Å². The van der Waals surface area contributed by atoms with Crippen molar-refractivity contribution in [2.45, 2.75) is 27.7 Å². The van der Waals surface area contributed by atoms with E-state index in [9.17, 15) is 0 Å². The highest BCUT2D eigenvalue weighted by Gasteiger charge is 2.15. The van der Waals surface area contributed by atoms with Gasteiger partial charge in [-0.3, -0.25) is 4.90 Å². The Morgan fingerprint density at radius 2 is 1.52 bits per heavy atom. The van der Waals surface area contributed by atoms with Crippen molar-refractivity contribution in [2.24, 2.45) is 0 Å². The third kappa shape index (κ3) is 7.91. The van der Waals surface area contributed by atoms with Gasteiger partial charge in [0.25, 0.3) is 0 Å². The zero-order chi connectivity index (χ0) is 20.1. The Labute approximate surface area is 165 Å². The Morgan fingerprint density at radius 1 is 0.963 bits per heavy atom. The molecule has 0 bridgehead atoms. The summed E-state index contributed by atoms with van der Waals surface area (Å²) in [5, 5.41) is 0. The molecule has 0 amide bonds. The molecule has 27 heavy (non-hydrogen) atoms. The van der Waals surface area contributed by atoms with Crippen LogP contribution in [0, 0.1) is 0 Å². The zero-order valence-corrected chi connectivity index (χ0v) is 17.9. The van der Waals surface area contributed by atoms with E-state index in [1.54, 1.807) is 0 Å². The fourth-order valence-electron chi connectivity index (χ4n) is 2.95. The molecule has 2 aliphatic rings. The summed E-state index contributed by atoms with van der Waals surface area (Å²) in [5.74, 6) is 1.50. The first-order chi connectivity index (χ1) is 13.2. The maximum atomic E-state index is 6.02. The van der Waals surface area contributed by atoms with Crippen molar-refractivity contribution < 1.29 is 9.47 Å². The van der Waals surface area contributed by atoms with Crippen LogP contribution in [0.4, 0.5) is 17.3 Å². The van der Waals surface area contributed by atoms with Crippen LogP contribution < -0.4 is 15.5 Å². The molecule has 0 saturated carbocycles. The predicted molar refractivity (Wildman–Crippen MR) is 115 cm³/mol. The lowest BCUT2D eigenvalue weighted by atomic mass is 10.3. The van der Waals surface area contributed by atoms with E-state index in [-0.39, 0.29) is 0 Å². The predicted octanol–water partition coefficient (Wildman–Crippen LogP) is 2.32. The first kappa shape index (κ1) is 23.5. The number of nitrogens with zero attached hydrogens (tertiary/aromatic N) is 4. The second kappa shape index (κ2) is 13.6. The molecule has 2 fully saturated rings. The second-order valence-electron chi connectivity index (χ2n) is 6.08. The van der Waals surface area contributed by atoms with Gasteiger partial charge in [-0.2, -0.15) is 0 Å². The van der Waals surface area contributed by atoms with Crippen molar-refractivity contribution in [3.05, 3.63) is 12.1 Å². The molecular weight excluding hydrogens is 342 g/mol. The summed E-state index contributed by atoms with van der Waals surface area (Å²) in [6.45, 7) is 17.0. The van der Waals surface area contributed by atoms with Crippen molar-refractivity contribution in [2.75, 3.05) is 88.3 Å². The average Bonchev–Trinajstić information content (AvgIpc) is 2.76. The Balaban J connectivity index is 0.000000855. The molecule has 1 aromatic rings. The molecule has 2 saturated heterocycles. The molecular formula is C20H39N5O2. The molecule has 3 heterocycles. The highest BCUT2D eigenvalue weighted by molar-refractivity contribution is 5.61. The van der Waals surface area contributed by atoms with Crippen molar-refractivity contribution in [3.8, 4) is 0 Å². The number of rotatable bonds is 5. The van der Waals surface area contributed by atoms with Gasteiger partial charge >= 0.3 is 0 Å². The number of ether oxygens (including phenoxy) is 2. The van der Waals surface area contributed by atoms with Crippen LogP contribution in [0.2, 0.25) is 0 Å². The zero-order valence-electron chi connectivity index (χ0n) is 17.9. The number of morpholine rings is 2. The molecule has 1 aromatic heterocycles. The number of aromatic nitrogens is 1. The van der Waals surface area contributed by atoms with Crippen LogP contribution in [0.5, 0.6) is 0 Å². The Bertz CT molecular complexity index is 503. The smallest absolute Gasteiger partial charge is 0.132 e. The molecule has 0 atom stereocenters. The first-order valence-electron chi connectivity index (χ1n) is 10.3. The van der Waals surface area contributed by atoms with Crippen molar-refractivity contribution in [1.82, 2.24) is 9.88 Å². The summed E-state index contributed by atoms with van der Waals surface area (Å²) in [7, 11) is 2.07. The third-order valence-corrected chi connectivity index (χ3v) is 4.44. The van der Waals surface area contributed by atoms with Crippen LogP contribution in [0.1, 0.15) is 27.7 Å². The summed E-state index contributed by atoms with van der Waals surface area (Å²) in [6.07, 6.45) is 0. The van der Waals surface area contributed by atoms with E-state index in [0.29, 0.717) is 5.82 Å². The highest BCUT2D eigenvalue weighted by atomic mass is 16.5. The number of hydrogen-bond donors (Lipinski definition) is 1. The van der Waals surface area contributed by atoms with E-state index >= 15 is 0 Å². The van der Waals surface area contributed by atoms with E-state index in [1.165, 1.54) is 0 Å². The highest BCUT2D eigenvalue weighted by Crippen LogP contribution is 2.23. The van der Waals surface area contributed by atoms with Gasteiger partial charge < -0.3 is 25.0 Å². The summed E-state index contributed by atoms with van der Waals surface area (Å²) in [5.41, 5.74) is 7.15. The standard InChI is InChI=1S/C16H27N5O2.2C2H6/c1-19(2-3-20-4-8-22-9-5-20)16-13-14(12-15(17)18-16)21-6-10-23-11-7-21;2*1-2/h12-13H,2-11H2,1H3,(H2,17,18);2*1-2H3. The normalized spacial score (nSPS) is 17.3. The van der Waals surface area contributed by atoms with Gasteiger partial charge in [0, 0.05) is 64.1 Å². The Hall–Kier alpha value is -1.57. The number of likely N-dealkylation sites (N-methyl/N-ethyl adjacent to an activating group) is 1. The van der Waals surface area contributed by atoms with Gasteiger partial charge in [0.2, 0.25) is 0 Å². The minimum absolute atomic E-state index is 0.571. The molecule has 7 heteroatoms. The molecule has 2 N–H and O–H groups in total. The fraction of sp³-hybridized carbons (Fsp3) is 0.750. The lowest BCUT2D eigenvalue weighted by Gasteiger charge is -2.31. The summed E-state index contributed by atoms with van der Waals surface area (Å²) in [6, 6.07) is 4.08. The SMILES string of the molecule is CC.CC.CN(CCN1CCOCC1)c1cc(N2CCOCC2)cc(N)n1. The molecule has 7 nitrogen and oxygen atoms in total. The fourth-order valence-corrected chi connectivity index (χ4v) is 2.95. The van der Waals surface area contributed by atoms with Gasteiger partial charge in [-0.05, 0) is 0 Å².